The van der Waals surface area contributed by atoms with Crippen LogP contribution in [-0.4, -0.2) is 15.2 Å². The van der Waals surface area contributed by atoms with Crippen LogP contribution in [0.1, 0.15) is 0 Å². The van der Waals surface area contributed by atoms with Crippen molar-refractivity contribution in [1.29, 1.82) is 0 Å². The minimum atomic E-state index is 1.09. The van der Waals surface area contributed by atoms with Crippen LogP contribution in [-0.2, 0) is 0 Å². The second kappa shape index (κ2) is 5.37. The van der Waals surface area contributed by atoms with Crippen molar-refractivity contribution in [3.63, 3.8) is 0 Å². The van der Waals surface area contributed by atoms with Crippen LogP contribution in [0.15, 0.2) is 79.3 Å². The number of fused-ring (bicyclic) bond motifs is 4. The summed E-state index contributed by atoms with van der Waals surface area (Å²) in [4.78, 5) is 2.86. The maximum absolute atomic E-state index is 4.11. The van der Waals surface area contributed by atoms with Gasteiger partial charge in [0, 0.05) is 17.8 Å². The highest BCUT2D eigenvalue weighted by Crippen LogP contribution is 2.28. The summed E-state index contributed by atoms with van der Waals surface area (Å²) in [6, 6.07) is 21.0. The van der Waals surface area contributed by atoms with Gasteiger partial charge in [-0.05, 0) is 51.9 Å². The number of aromatic amines is 2. The topological polar surface area (TPSA) is 44.5 Å². The van der Waals surface area contributed by atoms with Crippen molar-refractivity contribution in [1.82, 2.24) is 15.2 Å². The van der Waals surface area contributed by atoms with E-state index < -0.39 is 0 Å². The Kier molecular flexibility index (Phi) is 3.09. The molecule has 5 rings (SSSR count). The van der Waals surface area contributed by atoms with Crippen molar-refractivity contribution in [2.24, 2.45) is 0 Å². The van der Waals surface area contributed by atoms with Gasteiger partial charge in [0.15, 0.2) is 0 Å². The fourth-order valence-corrected chi connectivity index (χ4v) is 2.72. The molecule has 3 heteroatoms. The molecule has 2 N–H and O–H groups in total. The lowest BCUT2D eigenvalue weighted by Gasteiger charge is -2.03. The molecule has 0 aliphatic rings. The molecule has 0 aliphatic carbocycles. The fourth-order valence-electron chi connectivity index (χ4n) is 2.72. The average molecular weight is 285 g/mol. The number of hydrogen-bond donors (Lipinski definition) is 2. The Morgan fingerprint density at radius 3 is 2.18 bits per heavy atom. The molecule has 0 radical (unpaired) electrons. The van der Waals surface area contributed by atoms with Gasteiger partial charge >= 0.3 is 0 Å². The van der Waals surface area contributed by atoms with E-state index in [9.17, 15) is 0 Å². The van der Waals surface area contributed by atoms with Crippen molar-refractivity contribution in [3.05, 3.63) is 79.3 Å². The molecule has 0 saturated carbocycles. The molecule has 2 aromatic heterocycles. The molecule has 22 heavy (non-hydrogen) atoms. The van der Waals surface area contributed by atoms with Crippen LogP contribution in [0, 0.1) is 0 Å². The van der Waals surface area contributed by atoms with Crippen LogP contribution in [0.5, 0.6) is 0 Å². The molecular formula is C19H15N3. The Balaban J connectivity index is 0.000000215. The summed E-state index contributed by atoms with van der Waals surface area (Å²) >= 11 is 0. The predicted molar refractivity (Wildman–Crippen MR) is 91.9 cm³/mol. The summed E-state index contributed by atoms with van der Waals surface area (Å²) in [6.07, 6.45) is 5.65. The molecule has 0 bridgehead atoms. The average Bonchev–Trinajstić information content (AvgIpc) is 3.26. The van der Waals surface area contributed by atoms with Gasteiger partial charge in [0.25, 0.3) is 0 Å². The van der Waals surface area contributed by atoms with Crippen LogP contribution in [0.25, 0.3) is 32.4 Å². The SMILES string of the molecule is c1cc[nH]c1.c1ccc2cc3c(ccc4[nH]ncc43)cc2c1. The van der Waals surface area contributed by atoms with Gasteiger partial charge in [-0.1, -0.05) is 30.3 Å². The van der Waals surface area contributed by atoms with E-state index in [2.05, 4.69) is 63.7 Å². The summed E-state index contributed by atoms with van der Waals surface area (Å²) in [5, 5.41) is 13.4. The largest absolute Gasteiger partial charge is 0.368 e. The molecule has 0 spiro atoms. The van der Waals surface area contributed by atoms with E-state index in [-0.39, 0.29) is 0 Å². The number of aromatic nitrogens is 3. The second-order valence-corrected chi connectivity index (χ2v) is 5.20. The molecular weight excluding hydrogens is 270 g/mol. The molecule has 5 aromatic rings. The fraction of sp³-hybridized carbons (Fsp3) is 0. The lowest BCUT2D eigenvalue weighted by Crippen LogP contribution is -1.77. The molecule has 0 fully saturated rings. The molecule has 2 heterocycles. The van der Waals surface area contributed by atoms with Gasteiger partial charge in [0.05, 0.1) is 11.7 Å². The number of hydrogen-bond acceptors (Lipinski definition) is 1. The van der Waals surface area contributed by atoms with Crippen LogP contribution in [0.4, 0.5) is 0 Å². The van der Waals surface area contributed by atoms with Gasteiger partial charge < -0.3 is 4.98 Å². The summed E-state index contributed by atoms with van der Waals surface area (Å²) in [6.45, 7) is 0. The van der Waals surface area contributed by atoms with Gasteiger partial charge in [-0.3, -0.25) is 5.10 Å². The predicted octanol–water partition coefficient (Wildman–Crippen LogP) is 4.88. The van der Waals surface area contributed by atoms with Crippen molar-refractivity contribution < 1.29 is 0 Å². The monoisotopic (exact) mass is 285 g/mol. The Morgan fingerprint density at radius 2 is 1.45 bits per heavy atom. The molecule has 3 aromatic carbocycles. The van der Waals surface area contributed by atoms with Crippen molar-refractivity contribution >= 4 is 32.4 Å². The van der Waals surface area contributed by atoms with Crippen LogP contribution in [0.2, 0.25) is 0 Å². The Bertz CT molecular complexity index is 1010. The van der Waals surface area contributed by atoms with E-state index in [4.69, 9.17) is 0 Å². The molecule has 0 amide bonds. The second-order valence-electron chi connectivity index (χ2n) is 5.20. The Hall–Kier alpha value is -3.07. The van der Waals surface area contributed by atoms with Crippen LogP contribution in [0.3, 0.4) is 0 Å². The number of rotatable bonds is 0. The standard InChI is InChI=1S/C15H10N2.C4H5N/c1-2-4-11-8-13-12(7-10(11)3-1)5-6-15-14(13)9-16-17-15;1-2-4-5-3-1/h1-9H,(H,16,17);1-5H. The number of nitrogens with one attached hydrogen (secondary N) is 2. The van der Waals surface area contributed by atoms with E-state index in [1.807, 2.05) is 30.7 Å². The summed E-state index contributed by atoms with van der Waals surface area (Å²) in [5.41, 5.74) is 1.09. The van der Waals surface area contributed by atoms with E-state index in [0.717, 1.165) is 5.52 Å². The van der Waals surface area contributed by atoms with E-state index in [0.29, 0.717) is 0 Å². The highest BCUT2D eigenvalue weighted by molar-refractivity contribution is 6.10. The first-order valence-electron chi connectivity index (χ1n) is 7.24. The highest BCUT2D eigenvalue weighted by atomic mass is 15.1. The molecule has 3 nitrogen and oxygen atoms in total. The van der Waals surface area contributed by atoms with E-state index in [1.54, 1.807) is 0 Å². The van der Waals surface area contributed by atoms with Gasteiger partial charge in [0.1, 0.15) is 0 Å². The van der Waals surface area contributed by atoms with Crippen molar-refractivity contribution in [2.75, 3.05) is 0 Å². The molecule has 106 valence electrons. The first kappa shape index (κ1) is 12.7. The quantitative estimate of drug-likeness (QED) is 0.391. The summed E-state index contributed by atoms with van der Waals surface area (Å²) in [5.74, 6) is 0. The van der Waals surface area contributed by atoms with Crippen LogP contribution < -0.4 is 0 Å². The smallest absolute Gasteiger partial charge is 0.0656 e. The Labute approximate surface area is 127 Å². The highest BCUT2D eigenvalue weighted by Gasteiger charge is 2.03. The Morgan fingerprint density at radius 1 is 0.682 bits per heavy atom. The summed E-state index contributed by atoms with van der Waals surface area (Å²) in [7, 11) is 0. The molecule has 0 saturated heterocycles. The first-order valence-corrected chi connectivity index (χ1v) is 7.24. The molecule has 0 unspecified atom stereocenters. The van der Waals surface area contributed by atoms with Crippen molar-refractivity contribution in [3.8, 4) is 0 Å². The zero-order valence-corrected chi connectivity index (χ0v) is 12.0. The van der Waals surface area contributed by atoms with E-state index >= 15 is 0 Å². The van der Waals surface area contributed by atoms with Gasteiger partial charge in [-0.15, -0.1) is 0 Å². The molecule has 0 aliphatic heterocycles. The summed E-state index contributed by atoms with van der Waals surface area (Å²) < 4.78 is 0. The molecule has 0 atom stereocenters. The minimum absolute atomic E-state index is 1.09. The third-order valence-electron chi connectivity index (χ3n) is 3.80. The van der Waals surface area contributed by atoms with Crippen LogP contribution >= 0.6 is 0 Å². The van der Waals surface area contributed by atoms with E-state index in [1.165, 1.54) is 26.9 Å². The lowest BCUT2D eigenvalue weighted by atomic mass is 10.0. The minimum Gasteiger partial charge on any atom is -0.368 e. The first-order chi connectivity index (χ1) is 10.9. The van der Waals surface area contributed by atoms with Crippen molar-refractivity contribution in [2.45, 2.75) is 0 Å². The van der Waals surface area contributed by atoms with Gasteiger partial charge in [-0.25, -0.2) is 0 Å². The van der Waals surface area contributed by atoms with Gasteiger partial charge in [0.2, 0.25) is 0 Å². The normalized spacial score (nSPS) is 10.7. The van der Waals surface area contributed by atoms with Gasteiger partial charge in [-0.2, -0.15) is 5.10 Å². The number of benzene rings is 3. The third-order valence-corrected chi connectivity index (χ3v) is 3.80. The third kappa shape index (κ3) is 2.23. The number of nitrogens with zero attached hydrogens (tertiary/aromatic N) is 1. The number of H-pyrrole nitrogens is 2. The zero-order valence-electron chi connectivity index (χ0n) is 12.0. The lowest BCUT2D eigenvalue weighted by molar-refractivity contribution is 1.12. The zero-order chi connectivity index (χ0) is 14.8. The maximum Gasteiger partial charge on any atom is 0.0656 e. The maximum atomic E-state index is 4.11.